The van der Waals surface area contributed by atoms with Gasteiger partial charge in [-0.3, -0.25) is 19.5 Å². The van der Waals surface area contributed by atoms with Crippen LogP contribution in [0.15, 0.2) is 48.4 Å². The Bertz CT molecular complexity index is 2050. The van der Waals surface area contributed by atoms with E-state index in [1.807, 2.05) is 95.5 Å². The summed E-state index contributed by atoms with van der Waals surface area (Å²) < 4.78 is 57.7. The first-order valence-electron chi connectivity index (χ1n) is 30.3. The summed E-state index contributed by atoms with van der Waals surface area (Å²) in [5, 5.41) is 36.9. The minimum absolute atomic E-state index is 0.00579. The standard InChI is InChI=1S/C49H77N3O12.C7H12O3.C2H7N.2C2H6.CH4O/c1-13-16-37-38-24-36(18-19-40(38)52(50(10)11)28-39(37)34(7)58-14-2)17-15-20-57-21-22-59-45-31(4)23-44(61-35(45)8)62-41-25-43(53)49(9,56)26-30(3)27-51(12)33(6)46-42(63-48(55)64-46)29-60-47(54)32(41)5;1-6(8)10-7-3-2-4-9-5-7;1-3-2;3*1-2/h16,18-19,24,28,30-33,35,41-46,53,56H,7,13-15,17,20-23,25-27,29H2,1-6,8-12H3;7H,2-5H2,1H3;3H,1-2H3;2*1-2H3;2H,1H3/b37-16+;;;;;/t30-,31?,32?,33-,35?,41+,42?,43-,44+,45-,46?,49?;;;;;/m1...../s1. The van der Waals surface area contributed by atoms with E-state index in [9.17, 15) is 24.6 Å². The normalized spacial score (nSPS) is 29.7. The van der Waals surface area contributed by atoms with Gasteiger partial charge in [-0.25, -0.2) is 9.80 Å². The van der Waals surface area contributed by atoms with Crippen molar-refractivity contribution in [1.82, 2.24) is 15.2 Å². The number of allylic oxidation sites excluding steroid dienone is 2. The molecule has 6 rings (SSSR count). The second-order valence-electron chi connectivity index (χ2n) is 21.6. The van der Waals surface area contributed by atoms with Crippen LogP contribution in [0.5, 0.6) is 0 Å². The van der Waals surface area contributed by atoms with E-state index in [-0.39, 0.29) is 61.6 Å². The largest absolute Gasteiger partial charge is 0.509 e. The predicted octanol–water partition coefficient (Wildman–Crippen LogP) is 8.87. The van der Waals surface area contributed by atoms with Crippen LogP contribution in [-0.2, 0) is 63.4 Å². The SMILES string of the molecule is C=C(OCC)C1=CN(N(C)C)c2ccc(CCCOCCO[C@@H]3C(C)C[C@H](O[C@H]4C[C@@H](O)C(C)(O)C[C@@H](C)CN(C)[C@H](C)C5OC(=O)OC5COC(=O)C4C)OC3C)cc2/C1=C\CC.CC.CC.CC(=O)OC1CCCOC1.CNC.CO. The van der Waals surface area contributed by atoms with Crippen LogP contribution >= 0.6 is 0 Å². The molecule has 0 bridgehead atoms. The van der Waals surface area contributed by atoms with Crippen molar-refractivity contribution in [3.05, 3.63) is 59.5 Å². The molecule has 4 fully saturated rings. The lowest BCUT2D eigenvalue weighted by Crippen LogP contribution is -2.49. The zero-order chi connectivity index (χ0) is 63.0. The van der Waals surface area contributed by atoms with Crippen molar-refractivity contribution >= 4 is 29.4 Å². The first-order valence-corrected chi connectivity index (χ1v) is 30.3. The lowest BCUT2D eigenvalue weighted by molar-refractivity contribution is -0.265. The Labute approximate surface area is 499 Å². The van der Waals surface area contributed by atoms with Crippen molar-refractivity contribution in [3.63, 3.8) is 0 Å². The van der Waals surface area contributed by atoms with Crippen molar-refractivity contribution in [2.45, 2.75) is 202 Å². The second-order valence-corrected chi connectivity index (χ2v) is 21.6. The molecule has 480 valence electrons. The van der Waals surface area contributed by atoms with Gasteiger partial charge in [0.15, 0.2) is 18.5 Å². The van der Waals surface area contributed by atoms with E-state index >= 15 is 0 Å². The number of cyclic esters (lactones) is 1. The number of carbonyl (C=O) groups is 3. The molecular formula is C63H112N4O16. The van der Waals surface area contributed by atoms with Crippen molar-refractivity contribution < 1.29 is 77.1 Å². The van der Waals surface area contributed by atoms with E-state index < -0.39 is 54.3 Å². The van der Waals surface area contributed by atoms with Crippen LogP contribution in [0, 0.1) is 17.8 Å². The van der Waals surface area contributed by atoms with E-state index in [0.717, 1.165) is 68.2 Å². The van der Waals surface area contributed by atoms with Crippen LogP contribution in [-0.4, -0.2) is 199 Å². The van der Waals surface area contributed by atoms with Gasteiger partial charge in [0.25, 0.3) is 0 Å². The first kappa shape index (κ1) is 76.8. The number of nitrogens with zero attached hydrogens (tertiary/aromatic N) is 3. The number of rotatable bonds is 16. The third-order valence-electron chi connectivity index (χ3n) is 14.5. The summed E-state index contributed by atoms with van der Waals surface area (Å²) in [5.41, 5.74) is 4.13. The molecule has 0 radical (unpaired) electrons. The molecule has 4 saturated heterocycles. The molecule has 0 spiro atoms. The van der Waals surface area contributed by atoms with Gasteiger partial charge in [-0.05, 0) is 129 Å². The highest BCUT2D eigenvalue weighted by Gasteiger charge is 2.45. The molecule has 1 aromatic carbocycles. The number of fused-ring (bicyclic) bond motifs is 2. The number of hydrazine groups is 1. The topological polar surface area (TPSA) is 226 Å². The minimum atomic E-state index is -1.48. The number of aliphatic hydroxyl groups excluding tert-OH is 2. The zero-order valence-electron chi connectivity index (χ0n) is 54.3. The third-order valence-corrected chi connectivity index (χ3v) is 14.5. The number of esters is 2. The lowest BCUT2D eigenvalue weighted by Gasteiger charge is -2.41. The van der Waals surface area contributed by atoms with Crippen molar-refractivity contribution in [2.24, 2.45) is 17.8 Å². The maximum atomic E-state index is 13.5. The molecule has 5 aliphatic rings. The van der Waals surface area contributed by atoms with E-state index in [0.29, 0.717) is 51.8 Å². The maximum Gasteiger partial charge on any atom is 0.509 e. The fraction of sp³-hybridized carbons (Fsp3) is 0.762. The summed E-state index contributed by atoms with van der Waals surface area (Å²) in [5.74, 6) is -0.984. The highest BCUT2D eigenvalue weighted by molar-refractivity contribution is 5.92. The Morgan fingerprint density at radius 1 is 0.988 bits per heavy atom. The minimum Gasteiger partial charge on any atom is -0.494 e. The zero-order valence-corrected chi connectivity index (χ0v) is 54.3. The number of nitrogens with one attached hydrogen (secondary N) is 1. The van der Waals surface area contributed by atoms with Crippen LogP contribution in [0.2, 0.25) is 0 Å². The number of benzene rings is 1. The molecule has 20 heteroatoms. The van der Waals surface area contributed by atoms with E-state index in [4.69, 9.17) is 52.5 Å². The molecule has 83 heavy (non-hydrogen) atoms. The lowest BCUT2D eigenvalue weighted by atomic mass is 9.83. The quantitative estimate of drug-likeness (QED) is 0.0525. The molecule has 4 N–H and O–H groups in total. The van der Waals surface area contributed by atoms with Gasteiger partial charge in [-0.15, -0.1) is 0 Å². The summed E-state index contributed by atoms with van der Waals surface area (Å²) in [6, 6.07) is 6.37. The Kier molecular flexibility index (Phi) is 38.0. The molecule has 0 aliphatic carbocycles. The van der Waals surface area contributed by atoms with E-state index in [1.165, 1.54) is 12.5 Å². The summed E-state index contributed by atoms with van der Waals surface area (Å²) in [4.78, 5) is 38.2. The van der Waals surface area contributed by atoms with Gasteiger partial charge >= 0.3 is 18.1 Å². The number of hydrogen-bond acceptors (Lipinski definition) is 20. The number of aryl methyl sites for hydroxylation is 1. The van der Waals surface area contributed by atoms with Gasteiger partial charge < -0.3 is 68.0 Å². The summed E-state index contributed by atoms with van der Waals surface area (Å²) in [7, 11) is 10.7. The molecule has 20 nitrogen and oxygen atoms in total. The average Bonchev–Trinajstić information content (AvgIpc) is 3.87. The monoisotopic (exact) mass is 1180 g/mol. The summed E-state index contributed by atoms with van der Waals surface area (Å²) in [6.07, 6.45) is 4.06. The van der Waals surface area contributed by atoms with Crippen LogP contribution in [0.3, 0.4) is 0 Å². The van der Waals surface area contributed by atoms with Crippen molar-refractivity contribution in [1.29, 1.82) is 0 Å². The van der Waals surface area contributed by atoms with Crippen molar-refractivity contribution in [2.75, 3.05) is 100 Å². The number of ether oxygens (including phenoxy) is 10. The molecule has 13 atom stereocenters. The van der Waals surface area contributed by atoms with Crippen LogP contribution in [0.25, 0.3) is 5.57 Å². The fourth-order valence-corrected chi connectivity index (χ4v) is 10.5. The average molecular weight is 1180 g/mol. The summed E-state index contributed by atoms with van der Waals surface area (Å²) >= 11 is 0. The Hall–Kier alpha value is -4.19. The van der Waals surface area contributed by atoms with Gasteiger partial charge in [0.2, 0.25) is 0 Å². The van der Waals surface area contributed by atoms with Gasteiger partial charge in [-0.1, -0.05) is 67.2 Å². The number of anilines is 1. The first-order chi connectivity index (χ1) is 39.5. The molecule has 5 aliphatic heterocycles. The Balaban J connectivity index is 0.00000157. The number of carbonyl (C=O) groups excluding carboxylic acids is 3. The second kappa shape index (κ2) is 41.0. The fourth-order valence-electron chi connectivity index (χ4n) is 10.5. The third kappa shape index (κ3) is 25.4. The summed E-state index contributed by atoms with van der Waals surface area (Å²) in [6.45, 7) is 32.7. The molecule has 1 aromatic rings. The predicted molar refractivity (Wildman–Crippen MR) is 325 cm³/mol. The van der Waals surface area contributed by atoms with Crippen LogP contribution in [0.1, 0.15) is 146 Å². The van der Waals surface area contributed by atoms with E-state index in [2.05, 4.69) is 66.2 Å². The molecule has 5 heterocycles. The highest BCUT2D eigenvalue weighted by Crippen LogP contribution is 2.41. The molecule has 0 aromatic heterocycles. The Morgan fingerprint density at radius 2 is 1.66 bits per heavy atom. The molecule has 0 saturated carbocycles. The van der Waals surface area contributed by atoms with Crippen LogP contribution < -0.4 is 10.3 Å². The highest BCUT2D eigenvalue weighted by atomic mass is 16.8. The van der Waals surface area contributed by atoms with E-state index in [1.54, 1.807) is 13.8 Å². The molecular weight excluding hydrogens is 1070 g/mol. The number of hydrogen-bond donors (Lipinski definition) is 4. The number of aliphatic hydroxyl groups is 3. The molecule has 0 amide bonds. The van der Waals surface area contributed by atoms with Crippen LogP contribution in [0.4, 0.5) is 10.5 Å². The van der Waals surface area contributed by atoms with Gasteiger partial charge in [0, 0.05) is 84.1 Å². The smallest absolute Gasteiger partial charge is 0.494 e. The molecule has 7 unspecified atom stereocenters. The van der Waals surface area contributed by atoms with Gasteiger partial charge in [0.05, 0.1) is 68.0 Å². The van der Waals surface area contributed by atoms with Gasteiger partial charge in [0.1, 0.15) is 18.5 Å². The van der Waals surface area contributed by atoms with Gasteiger partial charge in [-0.2, -0.15) is 0 Å². The van der Waals surface area contributed by atoms with Crippen molar-refractivity contribution in [3.8, 4) is 0 Å². The maximum absolute atomic E-state index is 13.5. The number of likely N-dealkylation sites (N-methyl/N-ethyl adjacent to an activating group) is 1. The Morgan fingerprint density at radius 3 is 2.25 bits per heavy atom.